The second kappa shape index (κ2) is 10.2. The molecule has 0 atom stereocenters. The maximum atomic E-state index is 11.2. The Kier molecular flexibility index (Phi) is 7.58. The highest BCUT2D eigenvalue weighted by molar-refractivity contribution is 6.30. The van der Waals surface area contributed by atoms with Crippen LogP contribution in [-0.4, -0.2) is 49.3 Å². The van der Waals surface area contributed by atoms with Crippen molar-refractivity contribution < 1.29 is 19.4 Å². The van der Waals surface area contributed by atoms with Crippen LogP contribution >= 0.6 is 11.6 Å². The second-order valence-corrected chi connectivity index (χ2v) is 8.07. The minimum Gasteiger partial charge on any atom is -0.493 e. The lowest BCUT2D eigenvalue weighted by Crippen LogP contribution is -2.43. The normalized spacial score (nSPS) is 16.1. The standard InChI is InChI=1S/C23H29ClN2O4/c1-17(27)25-20-8-9-21(22(16-20)29-2)30-15-3-12-26-13-10-23(28,11-14-26)18-4-6-19(24)7-5-18/h4-9,16,28H,3,10-15H2,1-2H3,(H,25,27). The molecular weight excluding hydrogens is 404 g/mol. The number of rotatable bonds is 8. The van der Waals surface area contributed by atoms with E-state index in [0.29, 0.717) is 41.7 Å². The molecule has 162 valence electrons. The maximum absolute atomic E-state index is 11.2. The molecule has 1 amide bonds. The quantitative estimate of drug-likeness (QED) is 0.615. The van der Waals surface area contributed by atoms with Crippen LogP contribution in [-0.2, 0) is 10.4 Å². The summed E-state index contributed by atoms with van der Waals surface area (Å²) in [5.41, 5.74) is 0.832. The number of piperidine rings is 1. The first-order valence-electron chi connectivity index (χ1n) is 10.2. The first kappa shape index (κ1) is 22.4. The molecule has 0 radical (unpaired) electrons. The molecule has 2 aromatic rings. The summed E-state index contributed by atoms with van der Waals surface area (Å²) in [6, 6.07) is 12.8. The lowest BCUT2D eigenvalue weighted by atomic mass is 9.84. The van der Waals surface area contributed by atoms with Gasteiger partial charge in [0.2, 0.25) is 5.91 Å². The van der Waals surface area contributed by atoms with Crippen molar-refractivity contribution in [3.8, 4) is 11.5 Å². The average molecular weight is 433 g/mol. The number of benzene rings is 2. The number of hydrogen-bond acceptors (Lipinski definition) is 5. The zero-order valence-electron chi connectivity index (χ0n) is 17.5. The van der Waals surface area contributed by atoms with Gasteiger partial charge in [-0.2, -0.15) is 0 Å². The third-order valence-corrected chi connectivity index (χ3v) is 5.68. The number of likely N-dealkylation sites (tertiary alicyclic amines) is 1. The molecule has 30 heavy (non-hydrogen) atoms. The lowest BCUT2D eigenvalue weighted by Gasteiger charge is -2.38. The monoisotopic (exact) mass is 432 g/mol. The molecule has 2 aromatic carbocycles. The van der Waals surface area contributed by atoms with E-state index in [1.54, 1.807) is 25.3 Å². The maximum Gasteiger partial charge on any atom is 0.221 e. The Bertz CT molecular complexity index is 849. The number of ether oxygens (including phenoxy) is 2. The van der Waals surface area contributed by atoms with Crippen LogP contribution in [0, 0.1) is 0 Å². The summed E-state index contributed by atoms with van der Waals surface area (Å²) in [7, 11) is 1.58. The zero-order chi connectivity index (χ0) is 21.6. The van der Waals surface area contributed by atoms with Gasteiger partial charge in [-0.05, 0) is 49.1 Å². The Morgan fingerprint density at radius 2 is 1.87 bits per heavy atom. The minimum atomic E-state index is -0.777. The number of amides is 1. The van der Waals surface area contributed by atoms with Gasteiger partial charge in [0.25, 0.3) is 0 Å². The van der Waals surface area contributed by atoms with E-state index in [0.717, 1.165) is 31.6 Å². The van der Waals surface area contributed by atoms with Crippen LogP contribution in [0.4, 0.5) is 5.69 Å². The van der Waals surface area contributed by atoms with Crippen molar-refractivity contribution in [1.29, 1.82) is 0 Å². The van der Waals surface area contributed by atoms with Gasteiger partial charge in [-0.25, -0.2) is 0 Å². The van der Waals surface area contributed by atoms with Crippen molar-refractivity contribution >= 4 is 23.2 Å². The lowest BCUT2D eigenvalue weighted by molar-refractivity contribution is -0.114. The topological polar surface area (TPSA) is 71.0 Å². The highest BCUT2D eigenvalue weighted by Crippen LogP contribution is 2.33. The summed E-state index contributed by atoms with van der Waals surface area (Å²) < 4.78 is 11.2. The third kappa shape index (κ3) is 5.88. The molecule has 1 aliphatic heterocycles. The van der Waals surface area contributed by atoms with Gasteiger partial charge in [-0.3, -0.25) is 4.79 Å². The fourth-order valence-electron chi connectivity index (χ4n) is 3.73. The van der Waals surface area contributed by atoms with E-state index >= 15 is 0 Å². The van der Waals surface area contributed by atoms with Crippen LogP contribution in [0.3, 0.4) is 0 Å². The van der Waals surface area contributed by atoms with Gasteiger partial charge in [0.15, 0.2) is 11.5 Å². The number of carbonyl (C=O) groups excluding carboxylic acids is 1. The molecule has 6 nitrogen and oxygen atoms in total. The number of carbonyl (C=O) groups is 1. The Morgan fingerprint density at radius 3 is 2.50 bits per heavy atom. The molecule has 0 saturated carbocycles. The van der Waals surface area contributed by atoms with Crippen LogP contribution in [0.2, 0.25) is 5.02 Å². The molecule has 1 saturated heterocycles. The van der Waals surface area contributed by atoms with Crippen LogP contribution in [0.1, 0.15) is 31.7 Å². The van der Waals surface area contributed by atoms with Crippen molar-refractivity contribution in [2.45, 2.75) is 31.8 Å². The van der Waals surface area contributed by atoms with E-state index < -0.39 is 5.60 Å². The van der Waals surface area contributed by atoms with E-state index in [-0.39, 0.29) is 5.91 Å². The number of halogens is 1. The van der Waals surface area contributed by atoms with Gasteiger partial charge in [0, 0.05) is 43.3 Å². The van der Waals surface area contributed by atoms with Gasteiger partial charge in [-0.15, -0.1) is 0 Å². The first-order valence-corrected chi connectivity index (χ1v) is 10.6. The summed E-state index contributed by atoms with van der Waals surface area (Å²) in [6.07, 6.45) is 2.28. The van der Waals surface area contributed by atoms with Gasteiger partial charge < -0.3 is 24.8 Å². The largest absolute Gasteiger partial charge is 0.493 e. The summed E-state index contributed by atoms with van der Waals surface area (Å²) in [6.45, 7) is 4.62. The van der Waals surface area contributed by atoms with Gasteiger partial charge in [-0.1, -0.05) is 23.7 Å². The van der Waals surface area contributed by atoms with Crippen LogP contribution < -0.4 is 14.8 Å². The molecule has 2 N–H and O–H groups in total. The van der Waals surface area contributed by atoms with E-state index in [9.17, 15) is 9.90 Å². The van der Waals surface area contributed by atoms with Crippen molar-refractivity contribution in [3.63, 3.8) is 0 Å². The fraction of sp³-hybridized carbons (Fsp3) is 0.435. The number of nitrogens with zero attached hydrogens (tertiary/aromatic N) is 1. The number of hydrogen-bond donors (Lipinski definition) is 2. The van der Waals surface area contributed by atoms with Crippen LogP contribution in [0.25, 0.3) is 0 Å². The van der Waals surface area contributed by atoms with Gasteiger partial charge >= 0.3 is 0 Å². The van der Waals surface area contributed by atoms with Gasteiger partial charge in [0.05, 0.1) is 19.3 Å². The predicted molar refractivity (Wildman–Crippen MR) is 118 cm³/mol. The van der Waals surface area contributed by atoms with Gasteiger partial charge in [0.1, 0.15) is 0 Å². The fourth-order valence-corrected chi connectivity index (χ4v) is 3.86. The van der Waals surface area contributed by atoms with E-state index in [1.807, 2.05) is 24.3 Å². The number of nitrogens with one attached hydrogen (secondary N) is 1. The molecule has 1 heterocycles. The smallest absolute Gasteiger partial charge is 0.221 e. The molecule has 0 bridgehead atoms. The second-order valence-electron chi connectivity index (χ2n) is 7.63. The molecule has 1 fully saturated rings. The molecule has 0 aliphatic carbocycles. The molecule has 3 rings (SSSR count). The number of aliphatic hydroxyl groups is 1. The van der Waals surface area contributed by atoms with Crippen molar-refractivity contribution in [1.82, 2.24) is 4.90 Å². The number of anilines is 1. The Balaban J connectivity index is 1.43. The highest BCUT2D eigenvalue weighted by atomic mass is 35.5. The summed E-state index contributed by atoms with van der Waals surface area (Å²) in [5.74, 6) is 1.12. The van der Waals surface area contributed by atoms with E-state index in [1.165, 1.54) is 6.92 Å². The van der Waals surface area contributed by atoms with Crippen molar-refractivity contribution in [2.24, 2.45) is 0 Å². The highest BCUT2D eigenvalue weighted by Gasteiger charge is 2.33. The summed E-state index contributed by atoms with van der Waals surface area (Å²) in [4.78, 5) is 13.5. The summed E-state index contributed by atoms with van der Waals surface area (Å²) in [5, 5.41) is 14.4. The third-order valence-electron chi connectivity index (χ3n) is 5.43. The predicted octanol–water partition coefficient (Wildman–Crippen LogP) is 4.06. The molecular formula is C23H29ClN2O4. The summed E-state index contributed by atoms with van der Waals surface area (Å²) >= 11 is 5.95. The number of methoxy groups -OCH3 is 1. The Morgan fingerprint density at radius 1 is 1.17 bits per heavy atom. The molecule has 1 aliphatic rings. The van der Waals surface area contributed by atoms with Crippen LogP contribution in [0.5, 0.6) is 11.5 Å². The average Bonchev–Trinajstić information content (AvgIpc) is 2.73. The van der Waals surface area contributed by atoms with E-state index in [2.05, 4.69) is 10.2 Å². The van der Waals surface area contributed by atoms with Crippen LogP contribution in [0.15, 0.2) is 42.5 Å². The molecule has 0 aromatic heterocycles. The zero-order valence-corrected chi connectivity index (χ0v) is 18.2. The molecule has 7 heteroatoms. The van der Waals surface area contributed by atoms with Crippen molar-refractivity contribution in [2.75, 3.05) is 38.7 Å². The molecule has 0 unspecified atom stereocenters. The molecule has 0 spiro atoms. The first-order chi connectivity index (χ1) is 14.4. The minimum absolute atomic E-state index is 0.129. The Hall–Kier alpha value is -2.28. The Labute approximate surface area is 182 Å². The van der Waals surface area contributed by atoms with Crippen molar-refractivity contribution in [3.05, 3.63) is 53.1 Å². The van der Waals surface area contributed by atoms with E-state index in [4.69, 9.17) is 21.1 Å². The SMILES string of the molecule is COc1cc(NC(C)=O)ccc1OCCCN1CCC(O)(c2ccc(Cl)cc2)CC1.